The maximum atomic E-state index is 13.2. The van der Waals surface area contributed by atoms with Crippen LogP contribution in [-0.2, 0) is 17.1 Å². The Morgan fingerprint density at radius 1 is 0.960 bits per heavy atom. The van der Waals surface area contributed by atoms with Gasteiger partial charge in [0.15, 0.2) is 0 Å². The van der Waals surface area contributed by atoms with Crippen LogP contribution in [0.15, 0.2) is 24.4 Å². The Kier molecular flexibility index (Phi) is 8.73. The van der Waals surface area contributed by atoms with Crippen LogP contribution < -0.4 is 0 Å². The summed E-state index contributed by atoms with van der Waals surface area (Å²) in [6.45, 7) is 0. The number of benzene rings is 1. The molecule has 0 spiro atoms. The van der Waals surface area contributed by atoms with E-state index in [0.29, 0.717) is 0 Å². The number of hydrogen-bond donors (Lipinski definition) is 0. The fraction of sp³-hybridized carbons (Fsp3) is 0. The van der Waals surface area contributed by atoms with Gasteiger partial charge in [0, 0.05) is 5.92 Å². The summed E-state index contributed by atoms with van der Waals surface area (Å²) in [6, 6.07) is 4.59. The van der Waals surface area contributed by atoms with Gasteiger partial charge in [-0.3, -0.25) is 0 Å². The molecule has 1 heterocycles. The van der Waals surface area contributed by atoms with E-state index in [1.54, 1.807) is 23.0 Å². The molecule has 2 aliphatic rings. The number of nitrogens with zero attached hydrogens (tertiary/aromatic N) is 2. The Morgan fingerprint density at radius 2 is 1.56 bits per heavy atom. The quantitative estimate of drug-likeness (QED) is 0.412. The molecule has 10 radical (unpaired) electrons. The van der Waals surface area contributed by atoms with Gasteiger partial charge in [0.25, 0.3) is 0 Å². The molecule has 1 aromatic carbocycles. The topological polar surface area (TPSA) is 17.8 Å². The van der Waals surface area contributed by atoms with Crippen molar-refractivity contribution < 1.29 is 21.5 Å². The maximum absolute atomic E-state index is 13.2. The van der Waals surface area contributed by atoms with E-state index in [1.165, 1.54) is 6.07 Å². The molecule has 1 aromatic heterocycles. The van der Waals surface area contributed by atoms with Crippen molar-refractivity contribution in [3.8, 4) is 5.69 Å². The summed E-state index contributed by atoms with van der Waals surface area (Å²) < 4.78 is 16.0. The van der Waals surface area contributed by atoms with E-state index in [9.17, 15) is 4.39 Å². The van der Waals surface area contributed by atoms with Crippen LogP contribution in [-0.4, -0.2) is 9.78 Å². The van der Waals surface area contributed by atoms with E-state index in [4.69, 9.17) is 11.6 Å². The van der Waals surface area contributed by atoms with Gasteiger partial charge < -0.3 is 0 Å². The van der Waals surface area contributed by atoms with Crippen LogP contribution in [0.4, 0.5) is 4.39 Å². The van der Waals surface area contributed by atoms with Gasteiger partial charge in [-0.15, -0.1) is 0 Å². The average molecular weight is 507 g/mol. The van der Waals surface area contributed by atoms with E-state index >= 15 is 0 Å². The summed E-state index contributed by atoms with van der Waals surface area (Å²) in [7, 11) is 0. The molecule has 0 bridgehead atoms. The van der Waals surface area contributed by atoms with Gasteiger partial charge in [0.1, 0.15) is 5.82 Å². The number of aromatic nitrogens is 2. The Labute approximate surface area is 178 Å². The first-order valence-corrected chi connectivity index (χ1v) is 8.70. The van der Waals surface area contributed by atoms with E-state index in [-0.39, 0.29) is 22.1 Å². The van der Waals surface area contributed by atoms with Gasteiger partial charge in [-0.25, -0.2) is 9.07 Å². The summed E-state index contributed by atoms with van der Waals surface area (Å²) in [6.07, 6.45) is 19.8. The molecule has 2 aliphatic carbocycles. The van der Waals surface area contributed by atoms with Crippen molar-refractivity contribution in [3.63, 3.8) is 0 Å². The molecule has 126 valence electrons. The van der Waals surface area contributed by atoms with Crippen molar-refractivity contribution in [2.24, 2.45) is 0 Å². The van der Waals surface area contributed by atoms with Gasteiger partial charge in [0.05, 0.1) is 26.2 Å². The van der Waals surface area contributed by atoms with Crippen molar-refractivity contribution >= 4 is 34.2 Å². The normalized spacial score (nSPS) is 17.1. The van der Waals surface area contributed by atoms with Gasteiger partial charge >= 0.3 is 17.1 Å². The first kappa shape index (κ1) is 21.2. The third-order valence-electron chi connectivity index (χ3n) is 3.36. The molecule has 0 unspecified atom stereocenters. The largest absolute Gasteiger partial charge is 2.00 e. The van der Waals surface area contributed by atoms with Gasteiger partial charge in [-0.05, 0) is 98.6 Å². The van der Waals surface area contributed by atoms with Gasteiger partial charge in [0.2, 0.25) is 0 Å². The minimum atomic E-state index is -0.429. The molecule has 0 amide bonds. The van der Waals surface area contributed by atoms with Crippen LogP contribution in [0.1, 0.15) is 5.69 Å². The molecule has 2 nitrogen and oxygen atoms in total. The molecule has 2 fully saturated rings. The number of rotatable bonds is 2. The SMILES string of the molecule is Fc1ccc(-n2ncc(I)c2[C]2[CH][CH][CH][CH]2)cc1Cl.[CH]1[CH][CH][CH][CH]1.[Fe+2]. The second kappa shape index (κ2) is 10.3. The predicted molar refractivity (Wildman–Crippen MR) is 102 cm³/mol. The Hall–Kier alpha value is -0.101. The first-order valence-electron chi connectivity index (χ1n) is 7.24. The fourth-order valence-electron chi connectivity index (χ4n) is 2.25. The summed E-state index contributed by atoms with van der Waals surface area (Å²) >= 11 is 8.06. The van der Waals surface area contributed by atoms with E-state index < -0.39 is 5.82 Å². The van der Waals surface area contributed by atoms with Crippen molar-refractivity contribution in [3.05, 3.63) is 108 Å². The van der Waals surface area contributed by atoms with Crippen molar-refractivity contribution in [2.45, 2.75) is 0 Å². The molecule has 0 N–H and O–H groups in total. The zero-order valence-corrected chi connectivity index (χ0v) is 16.9. The van der Waals surface area contributed by atoms with Gasteiger partial charge in [-0.2, -0.15) is 5.10 Å². The van der Waals surface area contributed by atoms with Crippen LogP contribution in [0, 0.1) is 73.1 Å². The molecule has 6 heteroatoms. The zero-order chi connectivity index (χ0) is 16.9. The molecule has 25 heavy (non-hydrogen) atoms. The predicted octanol–water partition coefficient (Wildman–Crippen LogP) is 5.04. The van der Waals surface area contributed by atoms with Crippen molar-refractivity contribution in [1.82, 2.24) is 9.78 Å². The fourth-order valence-corrected chi connectivity index (χ4v) is 3.09. The summed E-state index contributed by atoms with van der Waals surface area (Å²) in [5.74, 6) is 0.643. The third-order valence-corrected chi connectivity index (χ3v) is 4.44. The van der Waals surface area contributed by atoms with E-state index in [2.05, 4.69) is 27.7 Å². The van der Waals surface area contributed by atoms with E-state index in [0.717, 1.165) is 20.9 Å². The molecule has 2 saturated carbocycles. The van der Waals surface area contributed by atoms with Crippen LogP contribution in [0.3, 0.4) is 0 Å². The molecule has 0 aliphatic heterocycles. The number of hydrogen-bond acceptors (Lipinski definition) is 1. The maximum Gasteiger partial charge on any atom is 2.00 e. The Morgan fingerprint density at radius 3 is 2.12 bits per heavy atom. The molecular weight excluding hydrogens is 493 g/mol. The second-order valence-corrected chi connectivity index (χ2v) is 6.56. The van der Waals surface area contributed by atoms with Crippen molar-refractivity contribution in [1.29, 1.82) is 0 Å². The molecule has 0 saturated heterocycles. The summed E-state index contributed by atoms with van der Waals surface area (Å²) in [5, 5.41) is 4.43. The first-order chi connectivity index (χ1) is 11.7. The average Bonchev–Trinajstić information content (AvgIpc) is 3.32. The van der Waals surface area contributed by atoms with Gasteiger partial charge in [-0.1, -0.05) is 11.6 Å². The second-order valence-electron chi connectivity index (χ2n) is 4.99. The summed E-state index contributed by atoms with van der Waals surface area (Å²) in [5.41, 5.74) is 1.72. The van der Waals surface area contributed by atoms with Crippen LogP contribution in [0.2, 0.25) is 5.02 Å². The van der Waals surface area contributed by atoms with Crippen LogP contribution in [0.5, 0.6) is 0 Å². The van der Waals surface area contributed by atoms with E-state index in [1.807, 2.05) is 57.8 Å². The Balaban J connectivity index is 0.000000325. The molecule has 0 atom stereocenters. The summed E-state index contributed by atoms with van der Waals surface area (Å²) in [4.78, 5) is 0. The van der Waals surface area contributed by atoms with Crippen LogP contribution >= 0.6 is 34.2 Å². The van der Waals surface area contributed by atoms with Crippen LogP contribution in [0.25, 0.3) is 5.69 Å². The molecule has 2 aromatic rings. The minimum absolute atomic E-state index is 0. The third kappa shape index (κ3) is 5.44. The smallest absolute Gasteiger partial charge is 0.236 e. The standard InChI is InChI=1S/C14H8ClFIN2.C5H5.Fe/c15-11-7-10(5-6-12(11)16)19-14(13(17)8-18-19)9-3-1-2-4-9;1-2-4-5-3-1;/h1-8H;1-5H;/q;;+2. The monoisotopic (exact) mass is 506 g/mol. The van der Waals surface area contributed by atoms with Crippen molar-refractivity contribution in [2.75, 3.05) is 0 Å². The Bertz CT molecular complexity index is 674. The minimum Gasteiger partial charge on any atom is -0.236 e. The molecular formula is C19H13ClFFeIN2+2. The zero-order valence-electron chi connectivity index (χ0n) is 12.9. The molecule has 4 rings (SSSR count). The number of halogens is 3.